The normalized spacial score (nSPS) is 13.8. The lowest BCUT2D eigenvalue weighted by atomic mass is 10.2. The van der Waals surface area contributed by atoms with Crippen LogP contribution in [0.25, 0.3) is 11.3 Å². The van der Waals surface area contributed by atoms with Crippen molar-refractivity contribution < 1.29 is 4.79 Å². The molecular formula is C19H16BrN7O. The molecule has 5 rings (SSSR count). The summed E-state index contributed by atoms with van der Waals surface area (Å²) in [7, 11) is 0. The Morgan fingerprint density at radius 2 is 1.93 bits per heavy atom. The Hall–Kier alpha value is -3.07. The number of amides is 1. The topological polar surface area (TPSA) is 90.0 Å². The summed E-state index contributed by atoms with van der Waals surface area (Å²) in [6, 6.07) is 13.5. The van der Waals surface area contributed by atoms with Crippen LogP contribution in [0, 0.1) is 0 Å². The largest absolute Gasteiger partial charge is 0.343 e. The molecule has 1 fully saturated rings. The van der Waals surface area contributed by atoms with Crippen molar-refractivity contribution in [2.24, 2.45) is 0 Å². The maximum Gasteiger partial charge on any atom is 0.274 e. The van der Waals surface area contributed by atoms with Crippen LogP contribution in [0.1, 0.15) is 40.8 Å². The molecule has 1 aliphatic carbocycles. The van der Waals surface area contributed by atoms with Crippen molar-refractivity contribution >= 4 is 27.5 Å². The van der Waals surface area contributed by atoms with Gasteiger partial charge in [0.05, 0.1) is 17.9 Å². The van der Waals surface area contributed by atoms with Crippen molar-refractivity contribution in [3.63, 3.8) is 0 Å². The Morgan fingerprint density at radius 3 is 2.71 bits per heavy atom. The average Bonchev–Trinajstić information content (AvgIpc) is 3.32. The molecule has 4 aromatic rings. The molecule has 140 valence electrons. The lowest BCUT2D eigenvalue weighted by Crippen LogP contribution is -2.25. The second-order valence-corrected chi connectivity index (χ2v) is 7.63. The molecule has 0 bridgehead atoms. The van der Waals surface area contributed by atoms with Gasteiger partial charge in [-0.3, -0.25) is 9.20 Å². The molecule has 3 aromatic heterocycles. The molecule has 0 unspecified atom stereocenters. The van der Waals surface area contributed by atoms with E-state index in [0.29, 0.717) is 17.4 Å². The Labute approximate surface area is 168 Å². The lowest BCUT2D eigenvalue weighted by Gasteiger charge is -2.07. The molecule has 8 nitrogen and oxygen atoms in total. The fraction of sp³-hybridized carbons (Fsp3) is 0.211. The van der Waals surface area contributed by atoms with Crippen LogP contribution in [0.15, 0.2) is 53.1 Å². The zero-order chi connectivity index (χ0) is 19.1. The highest BCUT2D eigenvalue weighted by atomic mass is 79.9. The van der Waals surface area contributed by atoms with Gasteiger partial charge < -0.3 is 5.32 Å². The Balaban J connectivity index is 1.41. The lowest BCUT2D eigenvalue weighted by molar-refractivity contribution is 0.0943. The fourth-order valence-corrected chi connectivity index (χ4v) is 3.47. The van der Waals surface area contributed by atoms with Gasteiger partial charge in [-0.25, -0.2) is 4.68 Å². The van der Waals surface area contributed by atoms with E-state index < -0.39 is 0 Å². The minimum absolute atomic E-state index is 0.252. The van der Waals surface area contributed by atoms with Gasteiger partial charge in [-0.05, 0) is 49.2 Å². The third-order valence-corrected chi connectivity index (χ3v) is 5.28. The molecular weight excluding hydrogens is 422 g/mol. The van der Waals surface area contributed by atoms with Crippen molar-refractivity contribution in [1.29, 1.82) is 0 Å². The monoisotopic (exact) mass is 437 g/mol. The van der Waals surface area contributed by atoms with Crippen LogP contribution in [0.5, 0.6) is 0 Å². The molecule has 3 heterocycles. The Bertz CT molecular complexity index is 1160. The molecule has 0 atom stereocenters. The van der Waals surface area contributed by atoms with E-state index in [-0.39, 0.29) is 12.5 Å². The highest BCUT2D eigenvalue weighted by Gasteiger charge is 2.34. The molecule has 9 heteroatoms. The molecule has 28 heavy (non-hydrogen) atoms. The third kappa shape index (κ3) is 3.07. The SMILES string of the molecule is O=C(NCc1nnc2ccccn12)c1nnn(-c2ccc(Br)cc2)c1C1CC1. The summed E-state index contributed by atoms with van der Waals surface area (Å²) in [6.45, 7) is 0.263. The number of nitrogens with one attached hydrogen (secondary N) is 1. The van der Waals surface area contributed by atoms with E-state index in [1.54, 1.807) is 4.68 Å². The van der Waals surface area contributed by atoms with Gasteiger partial charge in [-0.1, -0.05) is 27.2 Å². The first kappa shape index (κ1) is 17.1. The van der Waals surface area contributed by atoms with E-state index in [1.165, 1.54) is 0 Å². The molecule has 1 aliphatic rings. The van der Waals surface area contributed by atoms with E-state index in [2.05, 4.69) is 41.8 Å². The van der Waals surface area contributed by atoms with E-state index in [1.807, 2.05) is 53.1 Å². The summed E-state index contributed by atoms with van der Waals surface area (Å²) in [5.41, 5.74) is 2.87. The smallest absolute Gasteiger partial charge is 0.274 e. The predicted octanol–water partition coefficient (Wildman–Crippen LogP) is 2.88. The van der Waals surface area contributed by atoms with Gasteiger partial charge in [0.15, 0.2) is 17.2 Å². The first-order valence-electron chi connectivity index (χ1n) is 8.99. The van der Waals surface area contributed by atoms with Crippen LogP contribution in [0.4, 0.5) is 0 Å². The quantitative estimate of drug-likeness (QED) is 0.518. The van der Waals surface area contributed by atoms with Crippen molar-refractivity contribution in [2.75, 3.05) is 0 Å². The van der Waals surface area contributed by atoms with Crippen molar-refractivity contribution in [3.8, 4) is 5.69 Å². The highest BCUT2D eigenvalue weighted by Crippen LogP contribution is 2.42. The number of nitrogens with zero attached hydrogens (tertiary/aromatic N) is 6. The number of fused-ring (bicyclic) bond motifs is 1. The number of hydrogen-bond donors (Lipinski definition) is 1. The summed E-state index contributed by atoms with van der Waals surface area (Å²) in [5, 5.41) is 19.6. The standard InChI is InChI=1S/C19H16BrN7O/c20-13-6-8-14(9-7-13)27-18(12-4-5-12)17(24-25-27)19(28)21-11-16-23-22-15-3-1-2-10-26(15)16/h1-3,6-10,12H,4-5,11H2,(H,21,28). The number of rotatable bonds is 5. The molecule has 0 saturated heterocycles. The number of pyridine rings is 1. The van der Waals surface area contributed by atoms with Crippen molar-refractivity contribution in [1.82, 2.24) is 34.9 Å². The second kappa shape index (κ2) is 6.83. The summed E-state index contributed by atoms with van der Waals surface area (Å²) in [5.74, 6) is 0.725. The van der Waals surface area contributed by atoms with Crippen molar-refractivity contribution in [3.05, 3.63) is 70.3 Å². The van der Waals surface area contributed by atoms with Crippen LogP contribution in [0.2, 0.25) is 0 Å². The highest BCUT2D eigenvalue weighted by molar-refractivity contribution is 9.10. The number of carbonyl (C=O) groups is 1. The molecule has 1 N–H and O–H groups in total. The molecule has 0 aliphatic heterocycles. The first-order chi connectivity index (χ1) is 13.7. The number of halogens is 1. The zero-order valence-electron chi connectivity index (χ0n) is 14.8. The van der Waals surface area contributed by atoms with E-state index >= 15 is 0 Å². The second-order valence-electron chi connectivity index (χ2n) is 6.71. The molecule has 0 spiro atoms. The number of aromatic nitrogens is 6. The summed E-state index contributed by atoms with van der Waals surface area (Å²) in [4.78, 5) is 12.8. The minimum atomic E-state index is -0.252. The van der Waals surface area contributed by atoms with Gasteiger partial charge in [0.25, 0.3) is 5.91 Å². The number of hydrogen-bond acceptors (Lipinski definition) is 5. The average molecular weight is 438 g/mol. The van der Waals surface area contributed by atoms with Crippen LogP contribution in [-0.4, -0.2) is 35.5 Å². The Morgan fingerprint density at radius 1 is 1.11 bits per heavy atom. The maximum atomic E-state index is 12.8. The third-order valence-electron chi connectivity index (χ3n) is 4.75. The first-order valence-corrected chi connectivity index (χ1v) is 9.78. The van der Waals surface area contributed by atoms with Crippen molar-refractivity contribution in [2.45, 2.75) is 25.3 Å². The van der Waals surface area contributed by atoms with Gasteiger partial charge in [0.2, 0.25) is 0 Å². The van der Waals surface area contributed by atoms with Gasteiger partial charge >= 0.3 is 0 Å². The molecule has 1 saturated carbocycles. The molecule has 1 aromatic carbocycles. The molecule has 1 amide bonds. The number of carbonyl (C=O) groups excluding carboxylic acids is 1. The van der Waals surface area contributed by atoms with Gasteiger partial charge in [-0.15, -0.1) is 15.3 Å². The number of benzene rings is 1. The van der Waals surface area contributed by atoms with Gasteiger partial charge in [-0.2, -0.15) is 0 Å². The van der Waals surface area contributed by atoms with Crippen LogP contribution in [0.3, 0.4) is 0 Å². The predicted molar refractivity (Wildman–Crippen MR) is 105 cm³/mol. The van der Waals surface area contributed by atoms with Gasteiger partial charge in [0, 0.05) is 16.6 Å². The van der Waals surface area contributed by atoms with E-state index in [9.17, 15) is 4.79 Å². The minimum Gasteiger partial charge on any atom is -0.343 e. The maximum absolute atomic E-state index is 12.8. The van der Waals surface area contributed by atoms with Crippen LogP contribution < -0.4 is 5.32 Å². The van der Waals surface area contributed by atoms with Crippen LogP contribution in [-0.2, 0) is 6.54 Å². The van der Waals surface area contributed by atoms with E-state index in [4.69, 9.17) is 0 Å². The zero-order valence-corrected chi connectivity index (χ0v) is 16.4. The van der Waals surface area contributed by atoms with E-state index in [0.717, 1.165) is 34.3 Å². The summed E-state index contributed by atoms with van der Waals surface area (Å²) >= 11 is 3.44. The summed E-state index contributed by atoms with van der Waals surface area (Å²) < 4.78 is 4.61. The van der Waals surface area contributed by atoms with Crippen LogP contribution >= 0.6 is 15.9 Å². The Kier molecular flexibility index (Phi) is 4.16. The summed E-state index contributed by atoms with van der Waals surface area (Å²) in [6.07, 6.45) is 3.95. The fourth-order valence-electron chi connectivity index (χ4n) is 3.20. The van der Waals surface area contributed by atoms with Gasteiger partial charge in [0.1, 0.15) is 0 Å². The molecule has 0 radical (unpaired) electrons.